The number of hydrogen-bond donors (Lipinski definition) is 1. The van der Waals surface area contributed by atoms with Crippen LogP contribution in [0, 0.1) is 0 Å². The van der Waals surface area contributed by atoms with Crippen molar-refractivity contribution in [2.45, 2.75) is 6.61 Å². The van der Waals surface area contributed by atoms with Gasteiger partial charge in [0, 0.05) is 4.88 Å². The molecule has 0 spiro atoms. The number of ether oxygens (including phenoxy) is 2. The third-order valence-corrected chi connectivity index (χ3v) is 3.29. The quantitative estimate of drug-likeness (QED) is 0.697. The van der Waals surface area contributed by atoms with Gasteiger partial charge in [0.25, 0.3) is 0 Å². The maximum Gasteiger partial charge on any atom is 0.211 e. The lowest BCUT2D eigenvalue weighted by atomic mass is 10.5. The average Bonchev–Trinajstić information content (AvgIpc) is 2.67. The molecule has 1 heterocycles. The second-order valence-corrected chi connectivity index (χ2v) is 5.88. The topological polar surface area (TPSA) is 78.6 Å². The molecule has 0 atom stereocenters. The van der Waals surface area contributed by atoms with Crippen molar-refractivity contribution < 1.29 is 17.9 Å². The van der Waals surface area contributed by atoms with Crippen LogP contribution in [0.3, 0.4) is 0 Å². The number of nitrogens with two attached hydrogens (primary N) is 1. The molecule has 5 nitrogen and oxygen atoms in total. The molecular weight excluding hydrogens is 250 g/mol. The van der Waals surface area contributed by atoms with Crippen molar-refractivity contribution in [1.29, 1.82) is 0 Å². The zero-order valence-electron chi connectivity index (χ0n) is 8.79. The van der Waals surface area contributed by atoms with Crippen LogP contribution >= 0.6 is 11.3 Å². The zero-order chi connectivity index (χ0) is 11.9. The minimum atomic E-state index is -3.42. The molecule has 0 saturated carbocycles. The van der Waals surface area contributed by atoms with Crippen molar-refractivity contribution >= 4 is 21.4 Å². The summed E-state index contributed by atoms with van der Waals surface area (Å²) in [5, 5.41) is 6.79. The summed E-state index contributed by atoms with van der Waals surface area (Å²) in [6, 6.07) is 3.96. The molecule has 2 N–H and O–H groups in total. The Morgan fingerprint density at radius 2 is 2.00 bits per heavy atom. The maximum atomic E-state index is 10.5. The Morgan fingerprint density at radius 1 is 1.25 bits per heavy atom. The van der Waals surface area contributed by atoms with E-state index in [9.17, 15) is 8.42 Å². The summed E-state index contributed by atoms with van der Waals surface area (Å²) < 4.78 is 31.5. The summed E-state index contributed by atoms with van der Waals surface area (Å²) in [7, 11) is -3.42. The van der Waals surface area contributed by atoms with Crippen LogP contribution in [0.25, 0.3) is 0 Å². The van der Waals surface area contributed by atoms with E-state index in [0.717, 1.165) is 4.88 Å². The molecule has 1 rings (SSSR count). The molecule has 0 aliphatic rings. The molecule has 0 amide bonds. The molecule has 0 radical (unpaired) electrons. The van der Waals surface area contributed by atoms with Gasteiger partial charge in [0.2, 0.25) is 10.0 Å². The van der Waals surface area contributed by atoms with E-state index >= 15 is 0 Å². The van der Waals surface area contributed by atoms with Crippen molar-refractivity contribution in [2.75, 3.05) is 25.6 Å². The number of sulfonamides is 1. The lowest BCUT2D eigenvalue weighted by Gasteiger charge is -2.04. The Kier molecular flexibility index (Phi) is 5.93. The predicted octanol–water partition coefficient (Wildman–Crippen LogP) is 0.570. The van der Waals surface area contributed by atoms with Gasteiger partial charge in [-0.05, 0) is 11.4 Å². The molecule has 0 aliphatic carbocycles. The summed E-state index contributed by atoms with van der Waals surface area (Å²) in [4.78, 5) is 1.16. The Hall–Kier alpha value is -0.470. The van der Waals surface area contributed by atoms with Gasteiger partial charge < -0.3 is 9.47 Å². The Labute approximate surface area is 99.2 Å². The second-order valence-electron chi connectivity index (χ2n) is 3.11. The first-order valence-corrected chi connectivity index (χ1v) is 7.36. The van der Waals surface area contributed by atoms with Crippen LogP contribution < -0.4 is 5.14 Å². The SMILES string of the molecule is NS(=O)(=O)CCOCCOCc1cccs1. The molecule has 0 fully saturated rings. The van der Waals surface area contributed by atoms with Crippen LogP contribution in [-0.4, -0.2) is 34.0 Å². The molecule has 1 aromatic rings. The van der Waals surface area contributed by atoms with Crippen LogP contribution in [-0.2, 0) is 26.1 Å². The smallest absolute Gasteiger partial charge is 0.211 e. The van der Waals surface area contributed by atoms with Gasteiger partial charge in [-0.2, -0.15) is 0 Å². The molecule has 16 heavy (non-hydrogen) atoms. The summed E-state index contributed by atoms with van der Waals surface area (Å²) in [6.45, 7) is 1.50. The highest BCUT2D eigenvalue weighted by atomic mass is 32.2. The van der Waals surface area contributed by atoms with Gasteiger partial charge in [0.05, 0.1) is 32.2 Å². The van der Waals surface area contributed by atoms with Crippen molar-refractivity contribution in [3.05, 3.63) is 22.4 Å². The number of primary sulfonamides is 1. The van der Waals surface area contributed by atoms with Crippen LogP contribution in [0.1, 0.15) is 4.88 Å². The first-order valence-electron chi connectivity index (χ1n) is 4.76. The molecule has 0 aliphatic heterocycles. The standard InChI is InChI=1S/C9H15NO4S2/c10-16(11,12)7-5-13-3-4-14-8-9-2-1-6-15-9/h1-2,6H,3-5,7-8H2,(H2,10,11,12). The van der Waals surface area contributed by atoms with Crippen LogP contribution in [0.4, 0.5) is 0 Å². The van der Waals surface area contributed by atoms with Gasteiger partial charge in [0.1, 0.15) is 0 Å². The van der Waals surface area contributed by atoms with Crippen LogP contribution in [0.5, 0.6) is 0 Å². The van der Waals surface area contributed by atoms with Gasteiger partial charge >= 0.3 is 0 Å². The third kappa shape index (κ3) is 6.91. The maximum absolute atomic E-state index is 10.5. The monoisotopic (exact) mass is 265 g/mol. The van der Waals surface area contributed by atoms with E-state index in [1.807, 2.05) is 17.5 Å². The third-order valence-electron chi connectivity index (χ3n) is 1.71. The normalized spacial score (nSPS) is 11.8. The molecule has 1 aromatic heterocycles. The van der Waals surface area contributed by atoms with Gasteiger partial charge in [-0.15, -0.1) is 11.3 Å². The molecule has 92 valence electrons. The van der Waals surface area contributed by atoms with E-state index < -0.39 is 10.0 Å². The van der Waals surface area contributed by atoms with Gasteiger partial charge in [-0.3, -0.25) is 0 Å². The van der Waals surface area contributed by atoms with E-state index in [-0.39, 0.29) is 12.4 Å². The van der Waals surface area contributed by atoms with E-state index in [1.54, 1.807) is 11.3 Å². The average molecular weight is 265 g/mol. The van der Waals surface area contributed by atoms with Crippen LogP contribution in [0.15, 0.2) is 17.5 Å². The van der Waals surface area contributed by atoms with Gasteiger partial charge in [-0.1, -0.05) is 6.07 Å². The molecule has 0 unspecified atom stereocenters. The summed E-state index contributed by atoms with van der Waals surface area (Å²) in [5.41, 5.74) is 0. The molecule has 0 saturated heterocycles. The lowest BCUT2D eigenvalue weighted by molar-refractivity contribution is 0.0468. The Balaban J connectivity index is 1.93. The largest absolute Gasteiger partial charge is 0.378 e. The molecule has 7 heteroatoms. The fourth-order valence-electron chi connectivity index (χ4n) is 0.962. The van der Waals surface area contributed by atoms with Crippen molar-refractivity contribution in [2.24, 2.45) is 5.14 Å². The number of rotatable bonds is 8. The van der Waals surface area contributed by atoms with Crippen molar-refractivity contribution in [3.63, 3.8) is 0 Å². The Bertz CT molecular complexity index is 374. The predicted molar refractivity (Wildman–Crippen MR) is 62.8 cm³/mol. The number of hydrogen-bond acceptors (Lipinski definition) is 5. The fourth-order valence-corrected chi connectivity index (χ4v) is 1.95. The van der Waals surface area contributed by atoms with Crippen molar-refractivity contribution in [1.82, 2.24) is 0 Å². The van der Waals surface area contributed by atoms with E-state index in [4.69, 9.17) is 14.6 Å². The van der Waals surface area contributed by atoms with E-state index in [1.165, 1.54) is 0 Å². The van der Waals surface area contributed by atoms with E-state index in [0.29, 0.717) is 19.8 Å². The summed E-state index contributed by atoms with van der Waals surface area (Å²) in [6.07, 6.45) is 0. The molecule has 0 aromatic carbocycles. The second kappa shape index (κ2) is 6.97. The lowest BCUT2D eigenvalue weighted by Crippen LogP contribution is -2.21. The first-order chi connectivity index (χ1) is 7.58. The highest BCUT2D eigenvalue weighted by molar-refractivity contribution is 7.89. The van der Waals surface area contributed by atoms with Crippen LogP contribution in [0.2, 0.25) is 0 Å². The van der Waals surface area contributed by atoms with E-state index in [2.05, 4.69) is 0 Å². The highest BCUT2D eigenvalue weighted by Crippen LogP contribution is 2.09. The minimum absolute atomic E-state index is 0.112. The molecular formula is C9H15NO4S2. The molecule has 0 bridgehead atoms. The minimum Gasteiger partial charge on any atom is -0.378 e. The first kappa shape index (κ1) is 13.6. The summed E-state index contributed by atoms with van der Waals surface area (Å²) in [5.74, 6) is -0.155. The number of thiophene rings is 1. The summed E-state index contributed by atoms with van der Waals surface area (Å²) >= 11 is 1.63. The fraction of sp³-hybridized carbons (Fsp3) is 0.556. The Morgan fingerprint density at radius 3 is 2.62 bits per heavy atom. The zero-order valence-corrected chi connectivity index (χ0v) is 10.4. The van der Waals surface area contributed by atoms with Gasteiger partial charge in [0.15, 0.2) is 0 Å². The highest BCUT2D eigenvalue weighted by Gasteiger charge is 2.01. The van der Waals surface area contributed by atoms with Gasteiger partial charge in [-0.25, -0.2) is 13.6 Å². The van der Waals surface area contributed by atoms with Crippen molar-refractivity contribution in [3.8, 4) is 0 Å².